The number of nitrogen functional groups attached to an aromatic ring is 1. The Morgan fingerprint density at radius 1 is 1.54 bits per heavy atom. The van der Waals surface area contributed by atoms with E-state index in [1.165, 1.54) is 6.07 Å². The van der Waals surface area contributed by atoms with Crippen LogP contribution in [0.15, 0.2) is 12.1 Å². The quantitative estimate of drug-likeness (QED) is 0.632. The van der Waals surface area contributed by atoms with Gasteiger partial charge in [0.1, 0.15) is 5.82 Å². The second-order valence-corrected chi connectivity index (χ2v) is 3.61. The minimum atomic E-state index is -0.611. The standard InChI is InChI=1S/C8H7FIN2O/c9-5-1-4(3-7(11)13)2-6(10)8(5)12/h1-3H,12H2,(H2,11,13). The summed E-state index contributed by atoms with van der Waals surface area (Å²) >= 11 is 1.89. The average molecular weight is 293 g/mol. The highest BCUT2D eigenvalue weighted by atomic mass is 127. The molecule has 0 saturated carbocycles. The molecule has 1 aromatic carbocycles. The Balaban J connectivity index is 3.06. The van der Waals surface area contributed by atoms with Gasteiger partial charge in [0.25, 0.3) is 0 Å². The molecule has 1 aromatic rings. The van der Waals surface area contributed by atoms with Crippen LogP contribution in [0.25, 0.3) is 0 Å². The van der Waals surface area contributed by atoms with Crippen LogP contribution >= 0.6 is 22.6 Å². The van der Waals surface area contributed by atoms with Crippen LogP contribution < -0.4 is 11.5 Å². The van der Waals surface area contributed by atoms with Crippen molar-refractivity contribution >= 4 is 34.2 Å². The lowest BCUT2D eigenvalue weighted by Gasteiger charge is -2.03. The van der Waals surface area contributed by atoms with E-state index >= 15 is 0 Å². The second kappa shape index (κ2) is 3.91. The Kier molecular flexibility index (Phi) is 3.07. The molecular formula is C8H7FIN2O. The number of anilines is 1. The predicted octanol–water partition coefficient (Wildman–Crippen LogP) is 1.05. The van der Waals surface area contributed by atoms with Gasteiger partial charge in [-0.3, -0.25) is 4.79 Å². The number of carbonyl (C=O) groups excluding carboxylic acids is 1. The highest BCUT2D eigenvalue weighted by Crippen LogP contribution is 2.21. The molecule has 1 radical (unpaired) electrons. The van der Waals surface area contributed by atoms with Crippen molar-refractivity contribution in [2.75, 3.05) is 5.73 Å². The van der Waals surface area contributed by atoms with Crippen molar-refractivity contribution in [2.45, 2.75) is 0 Å². The number of carbonyl (C=O) groups is 1. The summed E-state index contributed by atoms with van der Waals surface area (Å²) in [7, 11) is 0. The van der Waals surface area contributed by atoms with E-state index in [9.17, 15) is 9.18 Å². The highest BCUT2D eigenvalue weighted by Gasteiger charge is 2.07. The molecule has 0 aromatic heterocycles. The first kappa shape index (κ1) is 10.2. The van der Waals surface area contributed by atoms with Gasteiger partial charge in [0.2, 0.25) is 5.91 Å². The molecule has 0 fully saturated rings. The summed E-state index contributed by atoms with van der Waals surface area (Å²) in [5.41, 5.74) is 10.8. The van der Waals surface area contributed by atoms with E-state index in [2.05, 4.69) is 0 Å². The molecule has 0 bridgehead atoms. The van der Waals surface area contributed by atoms with E-state index in [4.69, 9.17) is 11.5 Å². The molecule has 1 amide bonds. The molecule has 0 spiro atoms. The summed E-state index contributed by atoms with van der Waals surface area (Å²) in [5, 5.41) is 0. The average Bonchev–Trinajstić information content (AvgIpc) is 1.98. The lowest BCUT2D eigenvalue weighted by Crippen LogP contribution is -2.12. The van der Waals surface area contributed by atoms with Gasteiger partial charge < -0.3 is 11.5 Å². The molecule has 0 aliphatic carbocycles. The van der Waals surface area contributed by atoms with Gasteiger partial charge in [0.05, 0.1) is 12.1 Å². The van der Waals surface area contributed by atoms with E-state index in [0.29, 0.717) is 9.13 Å². The number of benzene rings is 1. The first-order valence-electron chi connectivity index (χ1n) is 3.39. The number of primary amides is 1. The lowest BCUT2D eigenvalue weighted by atomic mass is 10.1. The third-order valence-corrected chi connectivity index (χ3v) is 2.30. The third-order valence-electron chi connectivity index (χ3n) is 1.41. The summed E-state index contributed by atoms with van der Waals surface area (Å²) in [6.45, 7) is 0. The first-order chi connectivity index (χ1) is 6.00. The van der Waals surface area contributed by atoms with Gasteiger partial charge in [-0.15, -0.1) is 0 Å². The number of amides is 1. The molecule has 0 atom stereocenters. The van der Waals surface area contributed by atoms with E-state index in [-0.39, 0.29) is 5.69 Å². The van der Waals surface area contributed by atoms with Crippen molar-refractivity contribution in [3.8, 4) is 0 Å². The smallest absolute Gasteiger partial charge is 0.226 e. The minimum Gasteiger partial charge on any atom is -0.395 e. The third kappa shape index (κ3) is 2.55. The molecule has 5 heteroatoms. The Hall–Kier alpha value is -0.850. The Morgan fingerprint density at radius 3 is 2.62 bits per heavy atom. The van der Waals surface area contributed by atoms with Crippen LogP contribution in [0.3, 0.4) is 0 Å². The molecular weight excluding hydrogens is 286 g/mol. The number of hydrogen-bond acceptors (Lipinski definition) is 2. The van der Waals surface area contributed by atoms with Gasteiger partial charge in [-0.25, -0.2) is 4.39 Å². The largest absolute Gasteiger partial charge is 0.395 e. The maximum Gasteiger partial charge on any atom is 0.226 e. The number of hydrogen-bond donors (Lipinski definition) is 2. The summed E-state index contributed by atoms with van der Waals surface area (Å²) in [4.78, 5) is 10.5. The van der Waals surface area contributed by atoms with Gasteiger partial charge in [-0.05, 0) is 40.3 Å². The molecule has 0 unspecified atom stereocenters. The minimum absolute atomic E-state index is 0.0854. The van der Waals surface area contributed by atoms with Gasteiger partial charge in [-0.1, -0.05) is 0 Å². The topological polar surface area (TPSA) is 69.1 Å². The Morgan fingerprint density at radius 2 is 2.15 bits per heavy atom. The molecule has 69 valence electrons. The summed E-state index contributed by atoms with van der Waals surface area (Å²) < 4.78 is 13.5. The summed E-state index contributed by atoms with van der Waals surface area (Å²) in [5.74, 6) is -1.15. The molecule has 1 rings (SSSR count). The first-order valence-corrected chi connectivity index (χ1v) is 4.47. The monoisotopic (exact) mass is 293 g/mol. The van der Waals surface area contributed by atoms with Crippen LogP contribution in [0, 0.1) is 15.8 Å². The molecule has 0 aliphatic rings. The zero-order valence-corrected chi connectivity index (χ0v) is 8.71. The van der Waals surface area contributed by atoms with Crippen molar-refractivity contribution in [3.05, 3.63) is 33.5 Å². The van der Waals surface area contributed by atoms with Crippen LogP contribution in [0.2, 0.25) is 0 Å². The van der Waals surface area contributed by atoms with Crippen LogP contribution in [0.1, 0.15) is 5.56 Å². The summed E-state index contributed by atoms with van der Waals surface area (Å²) in [6, 6.07) is 2.76. The highest BCUT2D eigenvalue weighted by molar-refractivity contribution is 14.1. The lowest BCUT2D eigenvalue weighted by molar-refractivity contribution is -0.114. The number of halogens is 2. The van der Waals surface area contributed by atoms with E-state index < -0.39 is 11.7 Å². The number of nitrogens with two attached hydrogens (primary N) is 2. The van der Waals surface area contributed by atoms with Crippen molar-refractivity contribution in [2.24, 2.45) is 5.73 Å². The molecule has 0 heterocycles. The maximum atomic E-state index is 13.0. The fourth-order valence-corrected chi connectivity index (χ4v) is 1.47. The van der Waals surface area contributed by atoms with Crippen molar-refractivity contribution in [3.63, 3.8) is 0 Å². The SMILES string of the molecule is NC(=O)[CH]c1cc(F)c(N)c(I)c1. The second-order valence-electron chi connectivity index (χ2n) is 2.44. The molecule has 0 saturated heterocycles. The molecule has 4 N–H and O–H groups in total. The Bertz CT molecular complexity index is 331. The summed E-state index contributed by atoms with van der Waals surface area (Å²) in [6.07, 6.45) is 1.14. The van der Waals surface area contributed by atoms with Crippen molar-refractivity contribution in [1.29, 1.82) is 0 Å². The molecule has 3 nitrogen and oxygen atoms in total. The fraction of sp³-hybridized carbons (Fsp3) is 0. The van der Waals surface area contributed by atoms with Crippen molar-refractivity contribution in [1.82, 2.24) is 0 Å². The van der Waals surface area contributed by atoms with Gasteiger partial charge in [0, 0.05) is 3.57 Å². The maximum absolute atomic E-state index is 13.0. The van der Waals surface area contributed by atoms with E-state index in [1.807, 2.05) is 22.6 Å². The van der Waals surface area contributed by atoms with Gasteiger partial charge in [-0.2, -0.15) is 0 Å². The number of rotatable bonds is 2. The molecule has 13 heavy (non-hydrogen) atoms. The van der Waals surface area contributed by atoms with Crippen LogP contribution in [-0.4, -0.2) is 5.91 Å². The zero-order valence-electron chi connectivity index (χ0n) is 6.55. The van der Waals surface area contributed by atoms with E-state index in [1.54, 1.807) is 6.07 Å². The molecule has 0 aliphatic heterocycles. The van der Waals surface area contributed by atoms with Crippen LogP contribution in [0.5, 0.6) is 0 Å². The van der Waals surface area contributed by atoms with Gasteiger partial charge in [0.15, 0.2) is 0 Å². The Labute approximate surface area is 88.4 Å². The predicted molar refractivity (Wildman–Crippen MR) is 56.1 cm³/mol. The zero-order chi connectivity index (χ0) is 10.0. The van der Waals surface area contributed by atoms with Crippen molar-refractivity contribution < 1.29 is 9.18 Å². The fourth-order valence-electron chi connectivity index (χ4n) is 0.852. The van der Waals surface area contributed by atoms with Crippen LogP contribution in [0.4, 0.5) is 10.1 Å². The van der Waals surface area contributed by atoms with Crippen LogP contribution in [-0.2, 0) is 4.79 Å². The van der Waals surface area contributed by atoms with Gasteiger partial charge >= 0.3 is 0 Å². The van der Waals surface area contributed by atoms with E-state index in [0.717, 1.165) is 6.42 Å². The normalized spacial score (nSPS) is 10.0.